The second kappa shape index (κ2) is 7.54. The Morgan fingerprint density at radius 1 is 1.44 bits per heavy atom. The van der Waals surface area contributed by atoms with E-state index in [1.165, 1.54) is 6.07 Å². The van der Waals surface area contributed by atoms with Gasteiger partial charge in [-0.25, -0.2) is 4.39 Å². The summed E-state index contributed by atoms with van der Waals surface area (Å²) in [7, 11) is 0. The number of pyridine rings is 1. The average Bonchev–Trinajstić information content (AvgIpc) is 2.60. The Kier molecular flexibility index (Phi) is 5.39. The van der Waals surface area contributed by atoms with Gasteiger partial charge in [0.25, 0.3) is 0 Å². The number of hydrogen-bond donors (Lipinski definition) is 1. The van der Waals surface area contributed by atoms with Crippen LogP contribution in [0.5, 0.6) is 0 Å². The van der Waals surface area contributed by atoms with Crippen LogP contribution in [0.2, 0.25) is 5.02 Å². The standard InChI is InChI=1S/C18H21ClFN3O2/c1-2-22(11-18(24)25)12-4-7-23(8-5-12)17-3-6-21-16-10-15(20)14(19)9-13(16)17/h3,6,9-10,12H,2,4-5,7-8,11H2,1H3,(H,24,25). The first-order valence-corrected chi connectivity index (χ1v) is 8.82. The molecular weight excluding hydrogens is 345 g/mol. The van der Waals surface area contributed by atoms with Crippen LogP contribution < -0.4 is 4.90 Å². The van der Waals surface area contributed by atoms with E-state index in [0.717, 1.165) is 43.5 Å². The lowest BCUT2D eigenvalue weighted by Crippen LogP contribution is -2.46. The maximum atomic E-state index is 13.7. The van der Waals surface area contributed by atoms with Crippen molar-refractivity contribution >= 4 is 34.2 Å². The zero-order valence-corrected chi connectivity index (χ0v) is 14.8. The van der Waals surface area contributed by atoms with Gasteiger partial charge in [0.2, 0.25) is 0 Å². The third kappa shape index (κ3) is 3.85. The molecule has 134 valence electrons. The molecule has 3 rings (SSSR count). The van der Waals surface area contributed by atoms with Crippen LogP contribution in [-0.2, 0) is 4.79 Å². The number of benzene rings is 1. The number of fused-ring (bicyclic) bond motifs is 1. The molecular formula is C18H21ClFN3O2. The van der Waals surface area contributed by atoms with Crippen molar-refractivity contribution in [2.45, 2.75) is 25.8 Å². The molecule has 0 unspecified atom stereocenters. The van der Waals surface area contributed by atoms with Crippen LogP contribution in [0.15, 0.2) is 24.4 Å². The maximum absolute atomic E-state index is 13.7. The van der Waals surface area contributed by atoms with Crippen LogP contribution in [0.3, 0.4) is 0 Å². The number of nitrogens with zero attached hydrogens (tertiary/aromatic N) is 3. The van der Waals surface area contributed by atoms with Gasteiger partial charge in [-0.2, -0.15) is 0 Å². The summed E-state index contributed by atoms with van der Waals surface area (Å²) in [4.78, 5) is 19.5. The summed E-state index contributed by atoms with van der Waals surface area (Å²) in [5, 5.41) is 9.97. The van der Waals surface area contributed by atoms with Gasteiger partial charge < -0.3 is 10.0 Å². The number of carboxylic acid groups (broad SMARTS) is 1. The number of likely N-dealkylation sites (N-methyl/N-ethyl adjacent to an activating group) is 1. The molecule has 2 aromatic rings. The molecule has 0 spiro atoms. The van der Waals surface area contributed by atoms with E-state index in [0.29, 0.717) is 5.52 Å². The number of anilines is 1. The summed E-state index contributed by atoms with van der Waals surface area (Å²) in [6.45, 7) is 4.42. The van der Waals surface area contributed by atoms with Crippen molar-refractivity contribution < 1.29 is 14.3 Å². The molecule has 1 saturated heterocycles. The van der Waals surface area contributed by atoms with Crippen molar-refractivity contribution in [1.29, 1.82) is 0 Å². The van der Waals surface area contributed by atoms with E-state index in [2.05, 4.69) is 9.88 Å². The van der Waals surface area contributed by atoms with Crippen LogP contribution in [-0.4, -0.2) is 53.2 Å². The smallest absolute Gasteiger partial charge is 0.317 e. The lowest BCUT2D eigenvalue weighted by Gasteiger charge is -2.38. The zero-order valence-electron chi connectivity index (χ0n) is 14.1. The molecule has 1 aromatic carbocycles. The van der Waals surface area contributed by atoms with Gasteiger partial charge in [-0.1, -0.05) is 18.5 Å². The molecule has 0 atom stereocenters. The van der Waals surface area contributed by atoms with Crippen molar-refractivity contribution in [2.24, 2.45) is 0 Å². The molecule has 0 aliphatic carbocycles. The van der Waals surface area contributed by atoms with Gasteiger partial charge in [0.05, 0.1) is 17.1 Å². The Balaban J connectivity index is 1.78. The lowest BCUT2D eigenvalue weighted by molar-refractivity contribution is -0.139. The molecule has 25 heavy (non-hydrogen) atoms. The Bertz CT molecular complexity index is 778. The van der Waals surface area contributed by atoms with E-state index in [-0.39, 0.29) is 17.6 Å². The number of piperidine rings is 1. The van der Waals surface area contributed by atoms with Crippen molar-refractivity contribution in [3.05, 3.63) is 35.2 Å². The fourth-order valence-electron chi connectivity index (χ4n) is 3.55. The van der Waals surface area contributed by atoms with Crippen molar-refractivity contribution in [1.82, 2.24) is 9.88 Å². The predicted molar refractivity (Wildman–Crippen MR) is 96.8 cm³/mol. The van der Waals surface area contributed by atoms with Crippen LogP contribution in [0.1, 0.15) is 19.8 Å². The number of carbonyl (C=O) groups is 1. The first kappa shape index (κ1) is 17.9. The Morgan fingerprint density at radius 3 is 2.80 bits per heavy atom. The molecule has 0 amide bonds. The van der Waals surface area contributed by atoms with Crippen LogP contribution in [0, 0.1) is 5.82 Å². The monoisotopic (exact) mass is 365 g/mol. The average molecular weight is 366 g/mol. The van der Waals surface area contributed by atoms with Crippen molar-refractivity contribution in [2.75, 3.05) is 31.1 Å². The van der Waals surface area contributed by atoms with Gasteiger partial charge in [-0.05, 0) is 31.5 Å². The lowest BCUT2D eigenvalue weighted by atomic mass is 10.0. The molecule has 2 heterocycles. The second-order valence-electron chi connectivity index (χ2n) is 6.29. The zero-order chi connectivity index (χ0) is 18.0. The second-order valence-corrected chi connectivity index (χ2v) is 6.70. The summed E-state index contributed by atoms with van der Waals surface area (Å²) in [5.74, 6) is -1.26. The highest BCUT2D eigenvalue weighted by Crippen LogP contribution is 2.31. The molecule has 1 aromatic heterocycles. The van der Waals surface area contributed by atoms with Gasteiger partial charge >= 0.3 is 5.97 Å². The predicted octanol–water partition coefficient (Wildman–Crippen LogP) is 3.40. The Hall–Kier alpha value is -1.92. The third-order valence-electron chi connectivity index (χ3n) is 4.83. The van der Waals surface area contributed by atoms with Gasteiger partial charge in [-0.3, -0.25) is 14.7 Å². The Labute approximate surface area is 151 Å². The summed E-state index contributed by atoms with van der Waals surface area (Å²) in [5.41, 5.74) is 1.58. The van der Waals surface area contributed by atoms with Gasteiger partial charge in [0.15, 0.2) is 0 Å². The maximum Gasteiger partial charge on any atom is 0.317 e. The SMILES string of the molecule is CCN(CC(=O)O)C1CCN(c2ccnc3cc(F)c(Cl)cc23)CC1. The summed E-state index contributed by atoms with van der Waals surface area (Å²) in [6, 6.07) is 5.18. The van der Waals surface area contributed by atoms with Crippen LogP contribution in [0.25, 0.3) is 10.9 Å². The van der Waals surface area contributed by atoms with Gasteiger partial charge in [0, 0.05) is 42.5 Å². The largest absolute Gasteiger partial charge is 0.480 e. The quantitative estimate of drug-likeness (QED) is 0.880. The number of aromatic nitrogens is 1. The van der Waals surface area contributed by atoms with E-state index in [1.807, 2.05) is 17.9 Å². The van der Waals surface area contributed by atoms with Crippen molar-refractivity contribution in [3.8, 4) is 0 Å². The highest BCUT2D eigenvalue weighted by atomic mass is 35.5. The minimum Gasteiger partial charge on any atom is -0.480 e. The summed E-state index contributed by atoms with van der Waals surface area (Å²) < 4.78 is 13.7. The van der Waals surface area contributed by atoms with E-state index in [4.69, 9.17) is 16.7 Å². The number of hydrogen-bond acceptors (Lipinski definition) is 4. The van der Waals surface area contributed by atoms with E-state index >= 15 is 0 Å². The molecule has 0 radical (unpaired) electrons. The first-order valence-electron chi connectivity index (χ1n) is 8.44. The number of rotatable bonds is 5. The molecule has 0 saturated carbocycles. The normalized spacial score (nSPS) is 15.9. The third-order valence-corrected chi connectivity index (χ3v) is 5.12. The molecule has 5 nitrogen and oxygen atoms in total. The molecule has 1 aliphatic heterocycles. The number of carboxylic acids is 1. The molecule has 1 N–H and O–H groups in total. The topological polar surface area (TPSA) is 56.7 Å². The van der Waals surface area contributed by atoms with E-state index in [9.17, 15) is 9.18 Å². The first-order chi connectivity index (χ1) is 12.0. The molecule has 7 heteroatoms. The minimum atomic E-state index is -0.791. The van der Waals surface area contributed by atoms with Crippen LogP contribution in [0.4, 0.5) is 10.1 Å². The van der Waals surface area contributed by atoms with Crippen molar-refractivity contribution in [3.63, 3.8) is 0 Å². The number of aliphatic carboxylic acids is 1. The molecule has 1 fully saturated rings. The fourth-order valence-corrected chi connectivity index (χ4v) is 3.71. The highest BCUT2D eigenvalue weighted by Gasteiger charge is 2.26. The minimum absolute atomic E-state index is 0.0776. The van der Waals surface area contributed by atoms with E-state index < -0.39 is 11.8 Å². The van der Waals surface area contributed by atoms with Gasteiger partial charge in [-0.15, -0.1) is 0 Å². The molecule has 0 bridgehead atoms. The molecule has 1 aliphatic rings. The summed E-state index contributed by atoms with van der Waals surface area (Å²) >= 11 is 5.95. The van der Waals surface area contributed by atoms with Crippen LogP contribution >= 0.6 is 11.6 Å². The van der Waals surface area contributed by atoms with E-state index in [1.54, 1.807) is 12.3 Å². The number of halogens is 2. The Morgan fingerprint density at radius 2 is 2.16 bits per heavy atom. The van der Waals surface area contributed by atoms with Gasteiger partial charge in [0.1, 0.15) is 5.82 Å². The summed E-state index contributed by atoms with van der Waals surface area (Å²) in [6.07, 6.45) is 3.46. The highest BCUT2D eigenvalue weighted by molar-refractivity contribution is 6.31. The fraction of sp³-hybridized carbons (Fsp3) is 0.444.